The number of fused-ring (bicyclic) bond motifs is 3. The molecule has 5 rings (SSSR count). The predicted molar refractivity (Wildman–Crippen MR) is 125 cm³/mol. The van der Waals surface area contributed by atoms with Gasteiger partial charge in [0.1, 0.15) is 0 Å². The van der Waals surface area contributed by atoms with E-state index in [1.165, 1.54) is 11.3 Å². The summed E-state index contributed by atoms with van der Waals surface area (Å²) in [6.07, 6.45) is 1.99. The molecule has 5 nitrogen and oxygen atoms in total. The van der Waals surface area contributed by atoms with Crippen LogP contribution in [-0.4, -0.2) is 28.0 Å². The summed E-state index contributed by atoms with van der Waals surface area (Å²) >= 11 is 1.44. The first-order chi connectivity index (χ1) is 14.4. The molecule has 0 atom stereocenters. The van der Waals surface area contributed by atoms with Gasteiger partial charge in [-0.3, -0.25) is 4.79 Å². The van der Waals surface area contributed by atoms with Gasteiger partial charge in [-0.1, -0.05) is 23.5 Å². The third kappa shape index (κ3) is 2.83. The number of thiazole rings is 1. The minimum absolute atomic E-state index is 0.0103. The van der Waals surface area contributed by atoms with Crippen LogP contribution in [0.2, 0.25) is 0 Å². The summed E-state index contributed by atoms with van der Waals surface area (Å²) in [7, 11) is 4.08. The zero-order chi connectivity index (χ0) is 21.0. The summed E-state index contributed by atoms with van der Waals surface area (Å²) in [6.45, 7) is 4.19. The van der Waals surface area contributed by atoms with E-state index in [1.54, 1.807) is 4.40 Å². The molecule has 0 aliphatic heterocycles. The number of aromatic nitrogens is 3. The van der Waals surface area contributed by atoms with E-state index in [0.29, 0.717) is 4.53 Å². The van der Waals surface area contributed by atoms with E-state index in [1.807, 2.05) is 44.4 Å². The van der Waals surface area contributed by atoms with E-state index in [-0.39, 0.29) is 5.56 Å². The van der Waals surface area contributed by atoms with Crippen molar-refractivity contribution in [3.63, 3.8) is 0 Å². The minimum Gasteiger partial charge on any atom is -0.378 e. The monoisotopic (exact) mass is 414 g/mol. The molecule has 0 aliphatic carbocycles. The normalized spacial score (nSPS) is 12.3. The minimum atomic E-state index is -0.0103. The lowest BCUT2D eigenvalue weighted by Gasteiger charge is -2.14. The van der Waals surface area contributed by atoms with Crippen LogP contribution >= 0.6 is 11.3 Å². The van der Waals surface area contributed by atoms with Gasteiger partial charge in [-0.25, -0.2) is 9.38 Å². The molecule has 150 valence electrons. The fourth-order valence-electron chi connectivity index (χ4n) is 3.98. The third-order valence-electron chi connectivity index (χ3n) is 5.53. The molecule has 6 heteroatoms. The quantitative estimate of drug-likeness (QED) is 0.449. The van der Waals surface area contributed by atoms with Gasteiger partial charge in [-0.05, 0) is 68.0 Å². The highest BCUT2D eigenvalue weighted by Gasteiger charge is 2.13. The molecule has 0 bridgehead atoms. The molecule has 30 heavy (non-hydrogen) atoms. The van der Waals surface area contributed by atoms with Crippen molar-refractivity contribution in [1.29, 1.82) is 0 Å². The average Bonchev–Trinajstić information content (AvgIpc) is 3.33. The first-order valence-electron chi connectivity index (χ1n) is 9.82. The molecule has 0 saturated heterocycles. The van der Waals surface area contributed by atoms with Crippen molar-refractivity contribution in [3.05, 3.63) is 86.4 Å². The number of anilines is 1. The Morgan fingerprint density at radius 1 is 1.03 bits per heavy atom. The number of imidazole rings is 1. The van der Waals surface area contributed by atoms with Crippen molar-refractivity contribution >= 4 is 39.1 Å². The lowest BCUT2D eigenvalue weighted by atomic mass is 10.2. The van der Waals surface area contributed by atoms with Crippen LogP contribution in [0.25, 0.3) is 27.8 Å². The van der Waals surface area contributed by atoms with E-state index < -0.39 is 0 Å². The van der Waals surface area contributed by atoms with Crippen molar-refractivity contribution < 1.29 is 0 Å². The first kappa shape index (κ1) is 18.6. The Labute approximate surface area is 178 Å². The van der Waals surface area contributed by atoms with Gasteiger partial charge in [0.2, 0.25) is 0 Å². The van der Waals surface area contributed by atoms with Gasteiger partial charge in [-0.15, -0.1) is 0 Å². The third-order valence-corrected chi connectivity index (χ3v) is 6.50. The molecule has 0 fully saturated rings. The number of rotatable bonds is 3. The number of nitrogens with zero attached hydrogens (tertiary/aromatic N) is 4. The molecule has 0 saturated carbocycles. The molecule has 2 aromatic carbocycles. The number of aryl methyl sites for hydroxylation is 1. The molecule has 0 N–H and O–H groups in total. The highest BCUT2D eigenvalue weighted by molar-refractivity contribution is 7.15. The maximum atomic E-state index is 13.1. The molecule has 3 heterocycles. The van der Waals surface area contributed by atoms with E-state index in [0.717, 1.165) is 44.3 Å². The van der Waals surface area contributed by atoms with Crippen LogP contribution in [0.4, 0.5) is 5.69 Å². The molecular formula is C24H22N4OS. The van der Waals surface area contributed by atoms with Gasteiger partial charge in [0.25, 0.3) is 5.56 Å². The standard InChI is InChI=1S/C24H22N4OS/c1-15-13-17(16(2)27(15)19-11-9-18(10-12-19)26(3)4)14-22-23(29)28-21-8-6-5-7-20(21)25-24(28)30-22/h5-14H,1-4H3. The molecular weight excluding hydrogens is 392 g/mol. The second kappa shape index (κ2) is 6.85. The van der Waals surface area contributed by atoms with E-state index in [2.05, 4.69) is 58.6 Å². The Bertz CT molecular complexity index is 1500. The van der Waals surface area contributed by atoms with E-state index in [9.17, 15) is 4.79 Å². The van der Waals surface area contributed by atoms with Crippen LogP contribution in [0, 0.1) is 13.8 Å². The Hall–Kier alpha value is -3.38. The predicted octanol–water partition coefficient (Wildman–Crippen LogP) is 3.93. The zero-order valence-corrected chi connectivity index (χ0v) is 18.2. The SMILES string of the molecule is Cc1cc(C=c2sc3nc4ccccc4n3c2=O)c(C)n1-c1ccc(N(C)C)cc1. The smallest absolute Gasteiger partial charge is 0.274 e. The summed E-state index contributed by atoms with van der Waals surface area (Å²) in [5, 5.41) is 0. The largest absolute Gasteiger partial charge is 0.378 e. The van der Waals surface area contributed by atoms with Gasteiger partial charge in [0, 0.05) is 36.9 Å². The molecule has 0 unspecified atom stereocenters. The van der Waals surface area contributed by atoms with Gasteiger partial charge in [0.05, 0.1) is 15.6 Å². The van der Waals surface area contributed by atoms with Gasteiger partial charge >= 0.3 is 0 Å². The van der Waals surface area contributed by atoms with Crippen molar-refractivity contribution in [2.45, 2.75) is 13.8 Å². The molecule has 0 amide bonds. The summed E-state index contributed by atoms with van der Waals surface area (Å²) in [5.74, 6) is 0. The van der Waals surface area contributed by atoms with E-state index in [4.69, 9.17) is 0 Å². The van der Waals surface area contributed by atoms with Crippen molar-refractivity contribution in [2.24, 2.45) is 0 Å². The van der Waals surface area contributed by atoms with Crippen LogP contribution in [0.3, 0.4) is 0 Å². The lowest BCUT2D eigenvalue weighted by molar-refractivity contribution is 0.963. The van der Waals surface area contributed by atoms with E-state index >= 15 is 0 Å². The van der Waals surface area contributed by atoms with Crippen LogP contribution in [-0.2, 0) is 0 Å². The average molecular weight is 415 g/mol. The van der Waals surface area contributed by atoms with Gasteiger partial charge in [-0.2, -0.15) is 0 Å². The summed E-state index contributed by atoms with van der Waals surface area (Å²) < 4.78 is 4.64. The summed E-state index contributed by atoms with van der Waals surface area (Å²) in [6, 6.07) is 18.4. The molecule has 0 aliphatic rings. The molecule has 0 spiro atoms. The van der Waals surface area contributed by atoms with Crippen LogP contribution in [0.1, 0.15) is 17.0 Å². The van der Waals surface area contributed by atoms with Gasteiger partial charge in [0.15, 0.2) is 4.96 Å². The number of para-hydroxylation sites is 2. The Morgan fingerprint density at radius 2 is 1.77 bits per heavy atom. The van der Waals surface area contributed by atoms with Crippen LogP contribution in [0.15, 0.2) is 59.4 Å². The van der Waals surface area contributed by atoms with Crippen LogP contribution < -0.4 is 15.0 Å². The van der Waals surface area contributed by atoms with Gasteiger partial charge < -0.3 is 9.47 Å². The first-order valence-corrected chi connectivity index (χ1v) is 10.6. The second-order valence-electron chi connectivity index (χ2n) is 7.71. The topological polar surface area (TPSA) is 42.5 Å². The summed E-state index contributed by atoms with van der Waals surface area (Å²) in [4.78, 5) is 20.5. The summed E-state index contributed by atoms with van der Waals surface area (Å²) in [5.41, 5.74) is 7.28. The fraction of sp³-hybridized carbons (Fsp3) is 0.167. The maximum absolute atomic E-state index is 13.1. The number of hydrogen-bond donors (Lipinski definition) is 0. The van der Waals surface area contributed by atoms with Crippen LogP contribution in [0.5, 0.6) is 0 Å². The number of hydrogen-bond acceptors (Lipinski definition) is 4. The zero-order valence-electron chi connectivity index (χ0n) is 17.4. The molecule has 0 radical (unpaired) electrons. The van der Waals surface area contributed by atoms with Crippen molar-refractivity contribution in [3.8, 4) is 5.69 Å². The maximum Gasteiger partial charge on any atom is 0.274 e. The molecule has 5 aromatic rings. The lowest BCUT2D eigenvalue weighted by Crippen LogP contribution is -2.22. The highest BCUT2D eigenvalue weighted by atomic mass is 32.1. The fourth-order valence-corrected chi connectivity index (χ4v) is 4.96. The Kier molecular flexibility index (Phi) is 4.25. The number of benzene rings is 2. The molecule has 3 aromatic heterocycles. The second-order valence-corrected chi connectivity index (χ2v) is 8.72. The van der Waals surface area contributed by atoms with Crippen molar-refractivity contribution in [1.82, 2.24) is 14.0 Å². The Balaban J connectivity index is 1.64. The highest BCUT2D eigenvalue weighted by Crippen LogP contribution is 2.23. The van der Waals surface area contributed by atoms with Crippen molar-refractivity contribution in [2.75, 3.05) is 19.0 Å². The Morgan fingerprint density at radius 3 is 2.50 bits per heavy atom.